The van der Waals surface area contributed by atoms with Gasteiger partial charge in [-0.3, -0.25) is 4.98 Å². The fraction of sp³-hybridized carbons (Fsp3) is 0.545. The van der Waals surface area contributed by atoms with Crippen LogP contribution in [-0.4, -0.2) is 24.1 Å². The van der Waals surface area contributed by atoms with Crippen molar-refractivity contribution in [2.75, 3.05) is 18.0 Å². The minimum atomic E-state index is 0.663. The zero-order chi connectivity index (χ0) is 10.7. The van der Waals surface area contributed by atoms with E-state index in [1.54, 1.807) is 12.4 Å². The SMILES string of the molecule is NCCCN(c1ccncc1Cl)C1CC1. The van der Waals surface area contributed by atoms with Gasteiger partial charge in [0.25, 0.3) is 0 Å². The molecule has 0 unspecified atom stereocenters. The summed E-state index contributed by atoms with van der Waals surface area (Å²) in [6.07, 6.45) is 7.04. The van der Waals surface area contributed by atoms with E-state index in [1.807, 2.05) is 6.07 Å². The summed E-state index contributed by atoms with van der Waals surface area (Å²) in [6.45, 7) is 1.72. The summed E-state index contributed by atoms with van der Waals surface area (Å²) >= 11 is 6.13. The Kier molecular flexibility index (Phi) is 3.44. The molecule has 1 aliphatic carbocycles. The second kappa shape index (κ2) is 4.81. The molecule has 0 saturated heterocycles. The lowest BCUT2D eigenvalue weighted by Gasteiger charge is -2.25. The zero-order valence-electron chi connectivity index (χ0n) is 8.69. The Morgan fingerprint density at radius 2 is 2.33 bits per heavy atom. The van der Waals surface area contributed by atoms with E-state index in [9.17, 15) is 0 Å². The fourth-order valence-corrected chi connectivity index (χ4v) is 1.98. The van der Waals surface area contributed by atoms with Crippen molar-refractivity contribution in [2.45, 2.75) is 25.3 Å². The van der Waals surface area contributed by atoms with E-state index in [-0.39, 0.29) is 0 Å². The van der Waals surface area contributed by atoms with Crippen molar-refractivity contribution < 1.29 is 0 Å². The molecule has 3 nitrogen and oxygen atoms in total. The second-order valence-corrected chi connectivity index (χ2v) is 4.30. The summed E-state index contributed by atoms with van der Waals surface area (Å²) < 4.78 is 0. The molecule has 1 aromatic heterocycles. The lowest BCUT2D eigenvalue weighted by atomic mass is 10.3. The lowest BCUT2D eigenvalue weighted by Crippen LogP contribution is -2.28. The highest BCUT2D eigenvalue weighted by atomic mass is 35.5. The van der Waals surface area contributed by atoms with Gasteiger partial charge in [-0.2, -0.15) is 0 Å². The van der Waals surface area contributed by atoms with Gasteiger partial charge in [0.15, 0.2) is 0 Å². The van der Waals surface area contributed by atoms with E-state index in [4.69, 9.17) is 17.3 Å². The molecule has 82 valence electrons. The Balaban J connectivity index is 2.13. The van der Waals surface area contributed by atoms with E-state index in [0.29, 0.717) is 6.04 Å². The van der Waals surface area contributed by atoms with Crippen molar-refractivity contribution in [2.24, 2.45) is 5.73 Å². The number of anilines is 1. The van der Waals surface area contributed by atoms with Gasteiger partial charge in [-0.05, 0) is 31.9 Å². The number of aromatic nitrogens is 1. The Morgan fingerprint density at radius 3 is 2.93 bits per heavy atom. The predicted octanol–water partition coefficient (Wildman–Crippen LogP) is 2.05. The summed E-state index contributed by atoms with van der Waals surface area (Å²) in [7, 11) is 0. The van der Waals surface area contributed by atoms with E-state index < -0.39 is 0 Å². The highest BCUT2D eigenvalue weighted by Gasteiger charge is 2.29. The van der Waals surface area contributed by atoms with Crippen LogP contribution in [0.5, 0.6) is 0 Å². The summed E-state index contributed by atoms with van der Waals surface area (Å²) in [5.74, 6) is 0. The highest BCUT2D eigenvalue weighted by Crippen LogP contribution is 2.34. The van der Waals surface area contributed by atoms with Gasteiger partial charge >= 0.3 is 0 Å². The molecule has 0 bridgehead atoms. The summed E-state index contributed by atoms with van der Waals surface area (Å²) in [4.78, 5) is 6.36. The first-order valence-corrected chi connectivity index (χ1v) is 5.77. The molecule has 2 rings (SSSR count). The number of hydrogen-bond acceptors (Lipinski definition) is 3. The van der Waals surface area contributed by atoms with Crippen LogP contribution in [0.1, 0.15) is 19.3 Å². The molecule has 4 heteroatoms. The van der Waals surface area contributed by atoms with Crippen LogP contribution in [0.25, 0.3) is 0 Å². The smallest absolute Gasteiger partial charge is 0.0822 e. The Hall–Kier alpha value is -0.800. The third kappa shape index (κ3) is 2.61. The summed E-state index contributed by atoms with van der Waals surface area (Å²) in [6, 6.07) is 2.65. The molecule has 0 atom stereocenters. The maximum Gasteiger partial charge on any atom is 0.0822 e. The minimum Gasteiger partial charge on any atom is -0.367 e. The van der Waals surface area contributed by atoms with Crippen LogP contribution in [0.4, 0.5) is 5.69 Å². The lowest BCUT2D eigenvalue weighted by molar-refractivity contribution is 0.732. The number of pyridine rings is 1. The van der Waals surface area contributed by atoms with E-state index in [1.165, 1.54) is 12.8 Å². The van der Waals surface area contributed by atoms with E-state index in [2.05, 4.69) is 9.88 Å². The van der Waals surface area contributed by atoms with Gasteiger partial charge in [-0.25, -0.2) is 0 Å². The van der Waals surface area contributed by atoms with Gasteiger partial charge in [0.05, 0.1) is 10.7 Å². The van der Waals surface area contributed by atoms with Crippen molar-refractivity contribution in [1.29, 1.82) is 0 Å². The second-order valence-electron chi connectivity index (χ2n) is 3.89. The van der Waals surface area contributed by atoms with Crippen LogP contribution in [0.2, 0.25) is 5.02 Å². The van der Waals surface area contributed by atoms with E-state index in [0.717, 1.165) is 30.2 Å². The highest BCUT2D eigenvalue weighted by molar-refractivity contribution is 6.33. The van der Waals surface area contributed by atoms with Gasteiger partial charge in [0.2, 0.25) is 0 Å². The number of nitrogens with zero attached hydrogens (tertiary/aromatic N) is 2. The molecule has 0 aliphatic heterocycles. The zero-order valence-corrected chi connectivity index (χ0v) is 9.45. The van der Waals surface area contributed by atoms with Gasteiger partial charge in [0.1, 0.15) is 0 Å². The van der Waals surface area contributed by atoms with Crippen LogP contribution in [0, 0.1) is 0 Å². The molecule has 0 spiro atoms. The molecule has 15 heavy (non-hydrogen) atoms. The Morgan fingerprint density at radius 1 is 1.53 bits per heavy atom. The van der Waals surface area contributed by atoms with Crippen molar-refractivity contribution in [3.8, 4) is 0 Å². The fourth-order valence-electron chi connectivity index (χ4n) is 1.75. The van der Waals surface area contributed by atoms with Crippen molar-refractivity contribution in [1.82, 2.24) is 4.98 Å². The van der Waals surface area contributed by atoms with Gasteiger partial charge in [-0.15, -0.1) is 0 Å². The predicted molar refractivity (Wildman–Crippen MR) is 63.3 cm³/mol. The molecule has 1 fully saturated rings. The van der Waals surface area contributed by atoms with Crippen LogP contribution in [0.3, 0.4) is 0 Å². The molecule has 2 N–H and O–H groups in total. The van der Waals surface area contributed by atoms with Crippen LogP contribution in [-0.2, 0) is 0 Å². The minimum absolute atomic E-state index is 0.663. The first-order chi connectivity index (χ1) is 7.33. The number of halogens is 1. The number of hydrogen-bond donors (Lipinski definition) is 1. The molecule has 1 saturated carbocycles. The van der Waals surface area contributed by atoms with Crippen LogP contribution in [0.15, 0.2) is 18.5 Å². The van der Waals surface area contributed by atoms with E-state index >= 15 is 0 Å². The van der Waals surface area contributed by atoms with Crippen molar-refractivity contribution in [3.63, 3.8) is 0 Å². The standard InChI is InChI=1S/C11H16ClN3/c12-10-8-14-6-4-11(10)15(7-1-5-13)9-2-3-9/h4,6,8-9H,1-3,5,7,13H2. The third-order valence-corrected chi connectivity index (χ3v) is 2.94. The van der Waals surface area contributed by atoms with Crippen LogP contribution < -0.4 is 10.6 Å². The maximum atomic E-state index is 6.13. The topological polar surface area (TPSA) is 42.1 Å². The first kappa shape index (κ1) is 10.7. The molecule has 0 aromatic carbocycles. The molecule has 1 aromatic rings. The Bertz CT molecular complexity index is 325. The quantitative estimate of drug-likeness (QED) is 0.834. The van der Waals surface area contributed by atoms with Crippen LogP contribution >= 0.6 is 11.6 Å². The number of rotatable bonds is 5. The molecule has 0 radical (unpaired) electrons. The van der Waals surface area contributed by atoms with Gasteiger partial charge in [0, 0.05) is 25.0 Å². The van der Waals surface area contributed by atoms with Crippen molar-refractivity contribution >= 4 is 17.3 Å². The first-order valence-electron chi connectivity index (χ1n) is 5.39. The Labute approximate surface area is 95.2 Å². The van der Waals surface area contributed by atoms with Crippen molar-refractivity contribution in [3.05, 3.63) is 23.5 Å². The maximum absolute atomic E-state index is 6.13. The molecular weight excluding hydrogens is 210 g/mol. The third-order valence-electron chi connectivity index (χ3n) is 2.65. The molecule has 1 heterocycles. The summed E-state index contributed by atoms with van der Waals surface area (Å²) in [5.41, 5.74) is 6.64. The summed E-state index contributed by atoms with van der Waals surface area (Å²) in [5, 5.41) is 0.737. The average molecular weight is 226 g/mol. The molecule has 0 amide bonds. The molecule has 1 aliphatic rings. The molecular formula is C11H16ClN3. The largest absolute Gasteiger partial charge is 0.367 e. The average Bonchev–Trinajstić information content (AvgIpc) is 3.05. The van der Waals surface area contributed by atoms with Gasteiger partial charge in [-0.1, -0.05) is 11.6 Å². The normalized spacial score (nSPS) is 15.3. The monoisotopic (exact) mass is 225 g/mol. The number of nitrogens with two attached hydrogens (primary N) is 1. The van der Waals surface area contributed by atoms with Gasteiger partial charge < -0.3 is 10.6 Å².